The minimum atomic E-state index is -0.204. The maximum absolute atomic E-state index is 13.0. The number of methoxy groups -OCH3 is 1. The molecule has 2 heterocycles. The lowest BCUT2D eigenvalue weighted by Gasteiger charge is -2.28. The molecule has 3 rings (SSSR count). The first-order chi connectivity index (χ1) is 12.7. The van der Waals surface area contributed by atoms with Gasteiger partial charge in [0.15, 0.2) is 0 Å². The first-order valence-corrected chi connectivity index (χ1v) is 9.82. The first kappa shape index (κ1) is 18.9. The second-order valence-corrected chi connectivity index (χ2v) is 7.36. The van der Waals surface area contributed by atoms with Gasteiger partial charge in [-0.15, -0.1) is 11.8 Å². The Morgan fingerprint density at radius 1 is 1.08 bits per heavy atom. The normalized spacial score (nSPS) is 18.8. The number of amides is 2. The number of benzene rings is 1. The molecule has 2 aliphatic rings. The average molecular weight is 376 g/mol. The molecule has 26 heavy (non-hydrogen) atoms. The van der Waals surface area contributed by atoms with E-state index < -0.39 is 0 Å². The molecule has 2 aliphatic heterocycles. The van der Waals surface area contributed by atoms with Crippen molar-refractivity contribution >= 4 is 29.1 Å². The van der Waals surface area contributed by atoms with Crippen LogP contribution in [-0.2, 0) is 14.3 Å². The van der Waals surface area contributed by atoms with Gasteiger partial charge in [0.25, 0.3) is 11.8 Å². The number of carbonyl (C=O) groups is 2. The Hall–Kier alpha value is -1.83. The van der Waals surface area contributed by atoms with Crippen molar-refractivity contribution in [2.45, 2.75) is 6.92 Å². The van der Waals surface area contributed by atoms with Crippen molar-refractivity contribution in [2.75, 3.05) is 52.3 Å². The number of thioether (sulfide) groups is 1. The largest absolute Gasteiger partial charge is 0.497 e. The molecule has 140 valence electrons. The van der Waals surface area contributed by atoms with Crippen molar-refractivity contribution < 1.29 is 19.1 Å². The van der Waals surface area contributed by atoms with Gasteiger partial charge in [0, 0.05) is 26.2 Å². The van der Waals surface area contributed by atoms with E-state index in [1.54, 1.807) is 7.11 Å². The van der Waals surface area contributed by atoms with Crippen LogP contribution in [0.3, 0.4) is 0 Å². The van der Waals surface area contributed by atoms with Gasteiger partial charge in [-0.25, -0.2) is 0 Å². The van der Waals surface area contributed by atoms with Crippen LogP contribution in [0.2, 0.25) is 0 Å². The predicted octanol–water partition coefficient (Wildman–Crippen LogP) is 1.86. The summed E-state index contributed by atoms with van der Waals surface area (Å²) in [6, 6.07) is 7.29. The molecular formula is C19H24N2O4S. The average Bonchev–Trinajstić information content (AvgIpc) is 2.91. The SMILES string of the molecule is CCSC1=C(c2ccc(OC)cc2)C(=O)N(CCN2CCOCC2)C1=O. The first-order valence-electron chi connectivity index (χ1n) is 8.83. The number of hydrogen-bond donors (Lipinski definition) is 0. The fraction of sp³-hybridized carbons (Fsp3) is 0.474. The Bertz CT molecular complexity index is 696. The van der Waals surface area contributed by atoms with Gasteiger partial charge in [0.1, 0.15) is 5.75 Å². The van der Waals surface area contributed by atoms with Crippen LogP contribution in [0.4, 0.5) is 0 Å². The van der Waals surface area contributed by atoms with Crippen LogP contribution in [0.1, 0.15) is 12.5 Å². The summed E-state index contributed by atoms with van der Waals surface area (Å²) >= 11 is 1.43. The van der Waals surface area contributed by atoms with Crippen LogP contribution in [0, 0.1) is 0 Å². The highest BCUT2D eigenvalue weighted by atomic mass is 32.2. The monoisotopic (exact) mass is 376 g/mol. The van der Waals surface area contributed by atoms with Gasteiger partial charge in [-0.2, -0.15) is 0 Å². The van der Waals surface area contributed by atoms with Crippen LogP contribution in [0.15, 0.2) is 29.2 Å². The van der Waals surface area contributed by atoms with E-state index in [1.165, 1.54) is 16.7 Å². The highest BCUT2D eigenvalue weighted by Crippen LogP contribution is 2.36. The maximum Gasteiger partial charge on any atom is 0.268 e. The summed E-state index contributed by atoms with van der Waals surface area (Å²) in [4.78, 5) is 30.0. The highest BCUT2D eigenvalue weighted by Gasteiger charge is 2.38. The molecule has 0 atom stereocenters. The number of rotatable bonds is 7. The van der Waals surface area contributed by atoms with Crippen LogP contribution in [0.25, 0.3) is 5.57 Å². The molecule has 0 unspecified atom stereocenters. The summed E-state index contributed by atoms with van der Waals surface area (Å²) < 4.78 is 10.5. The van der Waals surface area contributed by atoms with E-state index in [9.17, 15) is 9.59 Å². The quantitative estimate of drug-likeness (QED) is 0.677. The van der Waals surface area contributed by atoms with Crippen LogP contribution < -0.4 is 4.74 Å². The number of imide groups is 1. The molecule has 0 radical (unpaired) electrons. The zero-order valence-electron chi connectivity index (χ0n) is 15.2. The second kappa shape index (κ2) is 8.70. The van der Waals surface area contributed by atoms with Crippen molar-refractivity contribution in [2.24, 2.45) is 0 Å². The summed E-state index contributed by atoms with van der Waals surface area (Å²) in [7, 11) is 1.60. The Labute approximate surface area is 158 Å². The zero-order valence-corrected chi connectivity index (χ0v) is 16.0. The smallest absolute Gasteiger partial charge is 0.268 e. The molecule has 0 spiro atoms. The van der Waals surface area contributed by atoms with Gasteiger partial charge >= 0.3 is 0 Å². The van der Waals surface area contributed by atoms with Gasteiger partial charge in [0.05, 0.1) is 30.8 Å². The van der Waals surface area contributed by atoms with Crippen molar-refractivity contribution in [1.29, 1.82) is 0 Å². The third kappa shape index (κ3) is 3.95. The molecule has 0 saturated carbocycles. The fourth-order valence-corrected chi connectivity index (χ4v) is 3.99. The van der Waals surface area contributed by atoms with E-state index in [4.69, 9.17) is 9.47 Å². The maximum atomic E-state index is 13.0. The van der Waals surface area contributed by atoms with E-state index in [0.29, 0.717) is 36.8 Å². The van der Waals surface area contributed by atoms with Crippen LogP contribution >= 0.6 is 11.8 Å². The molecule has 1 aromatic carbocycles. The van der Waals surface area contributed by atoms with Crippen LogP contribution in [0.5, 0.6) is 5.75 Å². The zero-order chi connectivity index (χ0) is 18.5. The molecule has 0 aliphatic carbocycles. The lowest BCUT2D eigenvalue weighted by molar-refractivity contribution is -0.136. The van der Waals surface area contributed by atoms with E-state index in [0.717, 1.165) is 30.2 Å². The summed E-state index contributed by atoms with van der Waals surface area (Å²) in [5.41, 5.74) is 1.26. The van der Waals surface area contributed by atoms with E-state index >= 15 is 0 Å². The molecule has 2 amide bonds. The van der Waals surface area contributed by atoms with Crippen molar-refractivity contribution in [1.82, 2.24) is 9.80 Å². The molecule has 0 N–H and O–H groups in total. The lowest BCUT2D eigenvalue weighted by Crippen LogP contribution is -2.43. The third-order valence-corrected chi connectivity index (χ3v) is 5.49. The molecule has 1 fully saturated rings. The van der Waals surface area contributed by atoms with Crippen molar-refractivity contribution in [3.05, 3.63) is 34.7 Å². The Morgan fingerprint density at radius 3 is 2.38 bits per heavy atom. The molecule has 1 aromatic rings. The predicted molar refractivity (Wildman–Crippen MR) is 102 cm³/mol. The summed E-state index contributed by atoms with van der Waals surface area (Å²) in [6.07, 6.45) is 0. The molecule has 1 saturated heterocycles. The standard InChI is InChI=1S/C19H24N2O4S/c1-3-26-17-16(14-4-6-15(24-2)7-5-14)18(22)21(19(17)23)9-8-20-10-12-25-13-11-20/h4-7H,3,8-13H2,1-2H3. The van der Waals surface area contributed by atoms with Crippen LogP contribution in [-0.4, -0.2) is 73.9 Å². The van der Waals surface area contributed by atoms with Gasteiger partial charge in [-0.3, -0.25) is 19.4 Å². The minimum absolute atomic E-state index is 0.180. The van der Waals surface area contributed by atoms with Crippen molar-refractivity contribution in [3.8, 4) is 5.75 Å². The number of morpholine rings is 1. The summed E-state index contributed by atoms with van der Waals surface area (Å²) in [5.74, 6) is 1.08. The van der Waals surface area contributed by atoms with Gasteiger partial charge in [-0.05, 0) is 23.4 Å². The molecule has 6 nitrogen and oxygen atoms in total. The number of ether oxygens (including phenoxy) is 2. The Kier molecular flexibility index (Phi) is 6.34. The molecular weight excluding hydrogens is 352 g/mol. The number of carbonyl (C=O) groups excluding carboxylic acids is 2. The minimum Gasteiger partial charge on any atom is -0.497 e. The van der Waals surface area contributed by atoms with E-state index in [1.807, 2.05) is 31.2 Å². The molecule has 0 aromatic heterocycles. The fourth-order valence-electron chi connectivity index (χ4n) is 3.11. The lowest BCUT2D eigenvalue weighted by atomic mass is 10.1. The highest BCUT2D eigenvalue weighted by molar-refractivity contribution is 8.04. The number of hydrogen-bond acceptors (Lipinski definition) is 6. The summed E-state index contributed by atoms with van der Waals surface area (Å²) in [6.45, 7) is 6.16. The van der Waals surface area contributed by atoms with E-state index in [-0.39, 0.29) is 11.8 Å². The number of nitrogens with zero attached hydrogens (tertiary/aromatic N) is 2. The van der Waals surface area contributed by atoms with Gasteiger partial charge in [0.2, 0.25) is 0 Å². The summed E-state index contributed by atoms with van der Waals surface area (Å²) in [5, 5.41) is 0. The Balaban J connectivity index is 1.78. The van der Waals surface area contributed by atoms with Crippen molar-refractivity contribution in [3.63, 3.8) is 0 Å². The Morgan fingerprint density at radius 2 is 1.77 bits per heavy atom. The molecule has 0 bridgehead atoms. The van der Waals surface area contributed by atoms with Gasteiger partial charge in [-0.1, -0.05) is 19.1 Å². The van der Waals surface area contributed by atoms with E-state index in [2.05, 4.69) is 4.90 Å². The molecule has 7 heteroatoms. The third-order valence-electron chi connectivity index (χ3n) is 4.54. The second-order valence-electron chi connectivity index (χ2n) is 6.08. The van der Waals surface area contributed by atoms with Gasteiger partial charge < -0.3 is 9.47 Å². The topological polar surface area (TPSA) is 59.1 Å².